The molecule has 0 bridgehead atoms. The molecule has 2 fully saturated rings. The van der Waals surface area contributed by atoms with Gasteiger partial charge in [0, 0.05) is 39.0 Å². The Labute approximate surface area is 139 Å². The van der Waals surface area contributed by atoms with E-state index in [0.717, 1.165) is 22.8 Å². The Hall–Kier alpha value is -1.51. The van der Waals surface area contributed by atoms with E-state index in [4.69, 9.17) is 9.47 Å². The molecule has 3 aliphatic heterocycles. The number of rotatable bonds is 3. The van der Waals surface area contributed by atoms with Crippen LogP contribution in [0.3, 0.4) is 0 Å². The van der Waals surface area contributed by atoms with Crippen molar-refractivity contribution < 1.29 is 14.3 Å². The Morgan fingerprint density at radius 3 is 3.17 bits per heavy atom. The van der Waals surface area contributed by atoms with Gasteiger partial charge >= 0.3 is 0 Å². The molecule has 0 radical (unpaired) electrons. The number of amides is 1. The molecule has 1 N–H and O–H groups in total. The number of hydrogen-bond acceptors (Lipinski definition) is 6. The number of morpholine rings is 1. The van der Waals surface area contributed by atoms with Gasteiger partial charge in [-0.1, -0.05) is 0 Å². The van der Waals surface area contributed by atoms with Crippen LogP contribution in [0.2, 0.25) is 0 Å². The van der Waals surface area contributed by atoms with Gasteiger partial charge in [-0.15, -0.1) is 11.8 Å². The van der Waals surface area contributed by atoms with E-state index in [2.05, 4.69) is 15.1 Å². The number of aromatic amines is 1. The van der Waals surface area contributed by atoms with Gasteiger partial charge in [0.05, 0.1) is 29.8 Å². The summed E-state index contributed by atoms with van der Waals surface area (Å²) >= 11 is 1.60. The Balaban J connectivity index is 1.77. The lowest BCUT2D eigenvalue weighted by Gasteiger charge is -2.39. The van der Waals surface area contributed by atoms with E-state index in [0.29, 0.717) is 19.8 Å². The van der Waals surface area contributed by atoms with E-state index in [1.807, 2.05) is 18.1 Å². The second-order valence-corrected chi connectivity index (χ2v) is 7.23. The molecule has 4 heterocycles. The molecule has 3 aliphatic rings. The van der Waals surface area contributed by atoms with Crippen molar-refractivity contribution >= 4 is 22.6 Å². The van der Waals surface area contributed by atoms with Crippen molar-refractivity contribution in [3.63, 3.8) is 0 Å². The van der Waals surface area contributed by atoms with Gasteiger partial charge in [0.1, 0.15) is 17.6 Å². The summed E-state index contributed by atoms with van der Waals surface area (Å²) in [4.78, 5) is 18.1. The summed E-state index contributed by atoms with van der Waals surface area (Å²) in [5, 5.41) is 6.71. The predicted molar refractivity (Wildman–Crippen MR) is 86.6 cm³/mol. The fraction of sp³-hybridized carbons (Fsp3) is 0.600. The third-order valence-electron chi connectivity index (χ3n) is 4.68. The zero-order valence-corrected chi connectivity index (χ0v) is 14.0. The Morgan fingerprint density at radius 1 is 1.57 bits per heavy atom. The van der Waals surface area contributed by atoms with Crippen molar-refractivity contribution in [3.8, 4) is 0 Å². The van der Waals surface area contributed by atoms with Crippen molar-refractivity contribution in [2.45, 2.75) is 17.3 Å². The number of methoxy groups -OCH3 is 1. The molecule has 0 saturated carbocycles. The minimum absolute atomic E-state index is 0.0174. The molecule has 0 aliphatic carbocycles. The molecule has 124 valence electrons. The molecule has 3 atom stereocenters. The normalized spacial score (nSPS) is 31.1. The average Bonchev–Trinajstić information content (AvgIpc) is 3.18. The first-order valence-corrected chi connectivity index (χ1v) is 8.61. The second kappa shape index (κ2) is 5.85. The van der Waals surface area contributed by atoms with Crippen LogP contribution in [0.1, 0.15) is 5.56 Å². The summed E-state index contributed by atoms with van der Waals surface area (Å²) in [6, 6.07) is 0.170. The summed E-state index contributed by atoms with van der Waals surface area (Å²) < 4.78 is 11.4. The van der Waals surface area contributed by atoms with Crippen molar-refractivity contribution in [1.29, 1.82) is 0 Å². The molecular weight excluding hydrogens is 316 g/mol. The summed E-state index contributed by atoms with van der Waals surface area (Å²) in [5.74, 6) is 1.07. The van der Waals surface area contributed by atoms with E-state index in [1.54, 1.807) is 25.1 Å². The summed E-state index contributed by atoms with van der Waals surface area (Å²) in [6.45, 7) is 2.76. The Kier molecular flexibility index (Phi) is 3.82. The highest BCUT2D eigenvalue weighted by molar-refractivity contribution is 8.09. The van der Waals surface area contributed by atoms with Crippen LogP contribution in [-0.2, 0) is 14.3 Å². The maximum absolute atomic E-state index is 12.9. The molecule has 0 aromatic carbocycles. The summed E-state index contributed by atoms with van der Waals surface area (Å²) in [7, 11) is 3.59. The number of carbonyl (C=O) groups excluding carboxylic acids is 1. The van der Waals surface area contributed by atoms with Crippen LogP contribution in [0.15, 0.2) is 18.2 Å². The molecule has 1 amide bonds. The number of hydrogen-bond donors (Lipinski definition) is 1. The van der Waals surface area contributed by atoms with Crippen molar-refractivity contribution in [3.05, 3.63) is 23.7 Å². The number of nitrogens with zero attached hydrogens (tertiary/aromatic N) is 3. The summed E-state index contributed by atoms with van der Waals surface area (Å²) in [5.41, 5.74) is 0.985. The number of nitrogens with one attached hydrogen (secondary N) is 1. The van der Waals surface area contributed by atoms with Crippen LogP contribution in [0.5, 0.6) is 0 Å². The highest BCUT2D eigenvalue weighted by Gasteiger charge is 2.51. The lowest BCUT2D eigenvalue weighted by molar-refractivity contribution is -0.129. The smallest absolute Gasteiger partial charge is 0.237 e. The first-order chi connectivity index (χ1) is 11.2. The third-order valence-corrected chi connectivity index (χ3v) is 6.07. The SMILES string of the molecule is COC[C@@H]1CN(C)C(=O)C2SC(c3cn[nH]c3)=C3OCCN1C32. The van der Waals surface area contributed by atoms with E-state index >= 15 is 0 Å². The number of ether oxygens (including phenoxy) is 2. The molecule has 2 unspecified atom stereocenters. The molecule has 1 aromatic heterocycles. The molecule has 4 rings (SSSR count). The van der Waals surface area contributed by atoms with Crippen LogP contribution in [0, 0.1) is 0 Å². The monoisotopic (exact) mass is 336 g/mol. The zero-order valence-electron chi connectivity index (χ0n) is 13.2. The number of likely N-dealkylation sites (N-methyl/N-ethyl adjacent to an activating group) is 1. The maximum Gasteiger partial charge on any atom is 0.237 e. The van der Waals surface area contributed by atoms with Gasteiger partial charge in [-0.2, -0.15) is 5.10 Å². The first kappa shape index (κ1) is 15.0. The highest BCUT2D eigenvalue weighted by atomic mass is 32.2. The Bertz CT molecular complexity index is 633. The van der Waals surface area contributed by atoms with E-state index in [9.17, 15) is 4.79 Å². The van der Waals surface area contributed by atoms with Crippen LogP contribution in [0.25, 0.3) is 4.91 Å². The predicted octanol–water partition coefficient (Wildman–Crippen LogP) is 0.382. The maximum atomic E-state index is 12.9. The lowest BCUT2D eigenvalue weighted by atomic mass is 10.0. The summed E-state index contributed by atoms with van der Waals surface area (Å²) in [6.07, 6.45) is 3.63. The average molecular weight is 336 g/mol. The van der Waals surface area contributed by atoms with Gasteiger partial charge in [-0.05, 0) is 0 Å². The molecule has 23 heavy (non-hydrogen) atoms. The van der Waals surface area contributed by atoms with Crippen LogP contribution in [0.4, 0.5) is 0 Å². The van der Waals surface area contributed by atoms with Crippen molar-refractivity contribution in [2.75, 3.05) is 40.5 Å². The van der Waals surface area contributed by atoms with E-state index in [-0.39, 0.29) is 23.2 Å². The molecule has 7 nitrogen and oxygen atoms in total. The van der Waals surface area contributed by atoms with Crippen molar-refractivity contribution in [2.24, 2.45) is 0 Å². The quantitative estimate of drug-likeness (QED) is 0.861. The fourth-order valence-corrected chi connectivity index (χ4v) is 5.13. The van der Waals surface area contributed by atoms with Gasteiger partial charge < -0.3 is 14.4 Å². The van der Waals surface area contributed by atoms with Gasteiger partial charge in [-0.3, -0.25) is 14.8 Å². The van der Waals surface area contributed by atoms with E-state index < -0.39 is 0 Å². The number of carbonyl (C=O) groups is 1. The fourth-order valence-electron chi connectivity index (χ4n) is 3.65. The van der Waals surface area contributed by atoms with Crippen LogP contribution in [-0.4, -0.2) is 83.7 Å². The second-order valence-electron chi connectivity index (χ2n) is 6.08. The Morgan fingerprint density at radius 2 is 2.43 bits per heavy atom. The molecular formula is C15H20N4O3S. The lowest BCUT2D eigenvalue weighted by Crippen LogP contribution is -2.54. The number of thioether (sulfide) groups is 1. The minimum Gasteiger partial charge on any atom is -0.494 e. The van der Waals surface area contributed by atoms with Crippen LogP contribution < -0.4 is 0 Å². The largest absolute Gasteiger partial charge is 0.494 e. The third kappa shape index (κ3) is 2.36. The molecule has 0 spiro atoms. The number of H-pyrrole nitrogens is 1. The van der Waals surface area contributed by atoms with Gasteiger partial charge in [-0.25, -0.2) is 0 Å². The van der Waals surface area contributed by atoms with Gasteiger partial charge in [0.15, 0.2) is 0 Å². The first-order valence-electron chi connectivity index (χ1n) is 7.73. The van der Waals surface area contributed by atoms with Gasteiger partial charge in [0.25, 0.3) is 0 Å². The van der Waals surface area contributed by atoms with Crippen molar-refractivity contribution in [1.82, 2.24) is 20.0 Å². The van der Waals surface area contributed by atoms with E-state index in [1.165, 1.54) is 0 Å². The highest BCUT2D eigenvalue weighted by Crippen LogP contribution is 2.49. The van der Waals surface area contributed by atoms with Gasteiger partial charge in [0.2, 0.25) is 5.91 Å². The number of aromatic nitrogens is 2. The molecule has 1 aromatic rings. The zero-order chi connectivity index (χ0) is 16.0. The standard InChI is InChI=1S/C15H20N4O3S/c1-18-7-10(8-21-2)19-3-4-22-12-11(19)14(15(18)20)23-13(12)9-5-16-17-6-9/h5-6,10-11,14H,3-4,7-8H2,1-2H3,(H,16,17)/t10-,11?,14?/m0/s1. The molecule has 8 heteroatoms. The van der Waals surface area contributed by atoms with Crippen LogP contribution >= 0.6 is 11.8 Å². The molecule has 2 saturated heterocycles. The topological polar surface area (TPSA) is 70.7 Å². The minimum atomic E-state index is -0.165.